The number of benzene rings is 3. The highest BCUT2D eigenvalue weighted by Gasteiger charge is 2.19. The van der Waals surface area contributed by atoms with Gasteiger partial charge >= 0.3 is 0 Å². The molecule has 1 N–H and O–H groups in total. The molecule has 0 unspecified atom stereocenters. The number of aromatic nitrogens is 7. The van der Waals surface area contributed by atoms with Crippen LogP contribution in [0.4, 0.5) is 5.69 Å². The molecule has 6 rings (SSSR count). The lowest BCUT2D eigenvalue weighted by atomic mass is 10.2. The molecule has 0 bridgehead atoms. The topological polar surface area (TPSA) is 95.5 Å². The van der Waals surface area contributed by atoms with Gasteiger partial charge in [-0.2, -0.15) is 0 Å². The normalized spacial score (nSPS) is 11.4. The van der Waals surface area contributed by atoms with E-state index in [4.69, 9.17) is 11.6 Å². The molecular weight excluding hydrogens is 488 g/mol. The molecule has 0 fully saturated rings. The van der Waals surface area contributed by atoms with Crippen LogP contribution in [0, 0.1) is 0 Å². The lowest BCUT2D eigenvalue weighted by molar-refractivity contribution is 0.101. The van der Waals surface area contributed by atoms with Crippen LogP contribution >= 0.6 is 11.6 Å². The molecule has 3 aromatic heterocycles. The molecule has 0 aliphatic rings. The molecule has 3 aromatic carbocycles. The Morgan fingerprint density at radius 3 is 2.68 bits per heavy atom. The summed E-state index contributed by atoms with van der Waals surface area (Å²) in [5, 5.41) is 15.9. The number of nitrogens with one attached hydrogen (secondary N) is 1. The van der Waals surface area contributed by atoms with Crippen molar-refractivity contribution in [1.82, 2.24) is 34.3 Å². The third-order valence-corrected chi connectivity index (χ3v) is 6.54. The second kappa shape index (κ2) is 9.87. The zero-order valence-corrected chi connectivity index (χ0v) is 20.6. The highest BCUT2D eigenvalue weighted by molar-refractivity contribution is 6.31. The molecule has 3 heterocycles. The third kappa shape index (κ3) is 4.81. The second-order valence-electron chi connectivity index (χ2n) is 8.80. The molecule has 6 aromatic rings. The van der Waals surface area contributed by atoms with E-state index in [0.717, 1.165) is 47.0 Å². The fourth-order valence-electron chi connectivity index (χ4n) is 4.54. The number of carbonyl (C=O) groups is 1. The highest BCUT2D eigenvalue weighted by Crippen LogP contribution is 2.25. The number of nitrogens with zero attached hydrogens (tertiary/aromatic N) is 7. The van der Waals surface area contributed by atoms with Crippen molar-refractivity contribution in [3.63, 3.8) is 0 Å². The van der Waals surface area contributed by atoms with Gasteiger partial charge in [-0.3, -0.25) is 4.79 Å². The summed E-state index contributed by atoms with van der Waals surface area (Å²) < 4.78 is 5.82. The SMILES string of the molecule is O=C(Nc1ccc2c(ccn2CCCn2cnnn2)c1)c1nc2ccc(Cl)cc2n1Cc1ccccc1. The third-order valence-electron chi connectivity index (χ3n) is 6.30. The number of carbonyl (C=O) groups excluding carboxylic acids is 1. The molecular formula is C27H23ClN8O. The maximum absolute atomic E-state index is 13.4. The Morgan fingerprint density at radius 2 is 1.84 bits per heavy atom. The molecule has 9 nitrogen and oxygen atoms in total. The Kier molecular flexibility index (Phi) is 6.11. The quantitative estimate of drug-likeness (QED) is 0.310. The van der Waals surface area contributed by atoms with Crippen molar-refractivity contribution in [1.29, 1.82) is 0 Å². The molecule has 184 valence electrons. The van der Waals surface area contributed by atoms with Gasteiger partial charge in [-0.1, -0.05) is 41.9 Å². The van der Waals surface area contributed by atoms with Gasteiger partial charge in [-0.05, 0) is 64.9 Å². The first-order valence-electron chi connectivity index (χ1n) is 11.9. The average molecular weight is 511 g/mol. The van der Waals surface area contributed by atoms with Crippen LogP contribution in [0.3, 0.4) is 0 Å². The van der Waals surface area contributed by atoms with Crippen LogP contribution in [-0.2, 0) is 19.6 Å². The van der Waals surface area contributed by atoms with Gasteiger partial charge in [0.25, 0.3) is 5.91 Å². The molecule has 0 saturated heterocycles. The van der Waals surface area contributed by atoms with Crippen molar-refractivity contribution in [3.8, 4) is 0 Å². The van der Waals surface area contributed by atoms with E-state index in [-0.39, 0.29) is 5.91 Å². The zero-order valence-electron chi connectivity index (χ0n) is 19.8. The lowest BCUT2D eigenvalue weighted by Gasteiger charge is -2.11. The van der Waals surface area contributed by atoms with Crippen LogP contribution in [0.2, 0.25) is 5.02 Å². The number of fused-ring (bicyclic) bond motifs is 2. The number of hydrogen-bond acceptors (Lipinski definition) is 5. The van der Waals surface area contributed by atoms with E-state index in [1.54, 1.807) is 17.1 Å². The van der Waals surface area contributed by atoms with Gasteiger partial charge in [0.15, 0.2) is 0 Å². The second-order valence-corrected chi connectivity index (χ2v) is 9.24. The van der Waals surface area contributed by atoms with Crippen LogP contribution in [-0.4, -0.2) is 40.2 Å². The zero-order chi connectivity index (χ0) is 25.2. The fourth-order valence-corrected chi connectivity index (χ4v) is 4.71. The van der Waals surface area contributed by atoms with Crippen LogP contribution < -0.4 is 5.32 Å². The van der Waals surface area contributed by atoms with E-state index in [2.05, 4.69) is 42.7 Å². The summed E-state index contributed by atoms with van der Waals surface area (Å²) >= 11 is 6.27. The van der Waals surface area contributed by atoms with Gasteiger partial charge in [0.05, 0.1) is 11.0 Å². The number of anilines is 1. The molecule has 1 amide bonds. The number of halogens is 1. The molecule has 37 heavy (non-hydrogen) atoms. The van der Waals surface area contributed by atoms with Crippen molar-refractivity contribution in [2.24, 2.45) is 0 Å². The Labute approximate surface area is 217 Å². The van der Waals surface area contributed by atoms with Gasteiger partial charge < -0.3 is 14.5 Å². The smallest absolute Gasteiger partial charge is 0.291 e. The van der Waals surface area contributed by atoms with Gasteiger partial charge in [-0.25, -0.2) is 9.67 Å². The summed E-state index contributed by atoms with van der Waals surface area (Å²) in [5.74, 6) is 0.0601. The van der Waals surface area contributed by atoms with Crippen LogP contribution in [0.25, 0.3) is 21.9 Å². The van der Waals surface area contributed by atoms with E-state index in [1.807, 2.05) is 65.2 Å². The summed E-state index contributed by atoms with van der Waals surface area (Å²) in [6.45, 7) is 2.09. The molecule has 0 aliphatic heterocycles. The van der Waals surface area contributed by atoms with Crippen molar-refractivity contribution < 1.29 is 4.79 Å². The number of aryl methyl sites for hydroxylation is 2. The number of imidazole rings is 1. The van der Waals surface area contributed by atoms with Crippen molar-refractivity contribution in [2.45, 2.75) is 26.1 Å². The predicted octanol–water partition coefficient (Wildman–Crippen LogP) is 5.02. The molecule has 0 atom stereocenters. The first-order chi connectivity index (χ1) is 18.1. The molecule has 0 spiro atoms. The van der Waals surface area contributed by atoms with Crippen molar-refractivity contribution in [2.75, 3.05) is 5.32 Å². The van der Waals surface area contributed by atoms with Gasteiger partial charge in [0.2, 0.25) is 5.82 Å². The minimum absolute atomic E-state index is 0.275. The molecule has 0 aliphatic carbocycles. The summed E-state index contributed by atoms with van der Waals surface area (Å²) in [6, 6.07) is 23.4. The largest absolute Gasteiger partial charge is 0.347 e. The summed E-state index contributed by atoms with van der Waals surface area (Å²) in [5.41, 5.74) is 4.41. The van der Waals surface area contributed by atoms with Crippen LogP contribution in [0.1, 0.15) is 22.6 Å². The number of hydrogen-bond donors (Lipinski definition) is 1. The van der Waals surface area contributed by atoms with E-state index >= 15 is 0 Å². The first kappa shape index (κ1) is 22.9. The summed E-state index contributed by atoms with van der Waals surface area (Å²) in [6.07, 6.45) is 4.57. The molecule has 10 heteroatoms. The van der Waals surface area contributed by atoms with Crippen molar-refractivity contribution in [3.05, 3.63) is 102 Å². The highest BCUT2D eigenvalue weighted by atomic mass is 35.5. The maximum atomic E-state index is 13.4. The van der Waals surface area contributed by atoms with Crippen LogP contribution in [0.5, 0.6) is 0 Å². The number of rotatable bonds is 8. The van der Waals surface area contributed by atoms with Crippen LogP contribution in [0.15, 0.2) is 85.3 Å². The monoisotopic (exact) mass is 510 g/mol. The fraction of sp³-hybridized carbons (Fsp3) is 0.148. The van der Waals surface area contributed by atoms with Crippen molar-refractivity contribution >= 4 is 45.1 Å². The average Bonchev–Trinajstić information content (AvgIpc) is 3.65. The summed E-state index contributed by atoms with van der Waals surface area (Å²) in [7, 11) is 0. The minimum Gasteiger partial charge on any atom is -0.347 e. The Hall–Kier alpha value is -4.50. The Morgan fingerprint density at radius 1 is 0.946 bits per heavy atom. The first-order valence-corrected chi connectivity index (χ1v) is 12.3. The van der Waals surface area contributed by atoms with E-state index in [1.165, 1.54) is 0 Å². The van der Waals surface area contributed by atoms with Gasteiger partial charge in [-0.15, -0.1) is 5.10 Å². The van der Waals surface area contributed by atoms with Gasteiger partial charge in [0, 0.05) is 47.4 Å². The number of amides is 1. The lowest BCUT2D eigenvalue weighted by Crippen LogP contribution is -2.18. The predicted molar refractivity (Wildman–Crippen MR) is 143 cm³/mol. The van der Waals surface area contributed by atoms with E-state index < -0.39 is 0 Å². The maximum Gasteiger partial charge on any atom is 0.291 e. The Bertz CT molecular complexity index is 1690. The standard InChI is InChI=1S/C27H23ClN8O/c28-21-7-9-23-25(16-21)36(17-19-5-2-1-3-6-19)26(31-23)27(37)30-22-8-10-24-20(15-22)11-14-34(24)12-4-13-35-18-29-32-33-35/h1-3,5-11,14-16,18H,4,12-13,17H2,(H,30,37). The molecule has 0 saturated carbocycles. The molecule has 0 radical (unpaired) electrons. The summed E-state index contributed by atoms with van der Waals surface area (Å²) in [4.78, 5) is 18.1. The number of tetrazole rings is 1. The van der Waals surface area contributed by atoms with E-state index in [0.29, 0.717) is 23.1 Å². The minimum atomic E-state index is -0.275. The van der Waals surface area contributed by atoms with E-state index in [9.17, 15) is 4.79 Å². The van der Waals surface area contributed by atoms with Gasteiger partial charge in [0.1, 0.15) is 6.33 Å². The Balaban J connectivity index is 1.24.